The molecule has 19 heavy (non-hydrogen) atoms. The van der Waals surface area contributed by atoms with Crippen LogP contribution in [0, 0.1) is 0 Å². The minimum Gasteiger partial charge on any atom is -0.463 e. The number of carbonyl (C=O) groups is 2. The average Bonchev–Trinajstić information content (AvgIpc) is 2.36. The van der Waals surface area contributed by atoms with E-state index in [4.69, 9.17) is 21.1 Å². The smallest absolute Gasteiger partial charge is 0.337 e. The number of benzene rings is 1. The molecule has 1 aromatic carbocycles. The van der Waals surface area contributed by atoms with Crippen LogP contribution < -0.4 is 0 Å². The maximum atomic E-state index is 11.7. The van der Waals surface area contributed by atoms with E-state index in [0.717, 1.165) is 0 Å². The number of ether oxygens (including phenoxy) is 2. The molecular formula is C14H15ClO4. The Morgan fingerprint density at radius 3 is 2.37 bits per heavy atom. The molecule has 0 radical (unpaired) electrons. The van der Waals surface area contributed by atoms with Crippen molar-refractivity contribution in [3.05, 3.63) is 47.0 Å². The van der Waals surface area contributed by atoms with Gasteiger partial charge in [0.15, 0.2) is 6.10 Å². The highest BCUT2D eigenvalue weighted by Gasteiger charge is 2.24. The van der Waals surface area contributed by atoms with Gasteiger partial charge in [0.05, 0.1) is 12.2 Å². The lowest BCUT2D eigenvalue weighted by Gasteiger charge is -2.18. The van der Waals surface area contributed by atoms with E-state index in [-0.39, 0.29) is 12.2 Å². The standard InChI is InChI=1S/C14H15ClO4/c1-4-18-14(17)9(2)13(19-10(3)16)11-5-7-12(15)8-6-11/h5-8,13H,2,4H2,1,3H3. The third-order valence-electron chi connectivity index (χ3n) is 2.31. The van der Waals surface area contributed by atoms with Gasteiger partial charge < -0.3 is 9.47 Å². The van der Waals surface area contributed by atoms with Gasteiger partial charge in [0.1, 0.15) is 0 Å². The van der Waals surface area contributed by atoms with Gasteiger partial charge in [-0.05, 0) is 24.6 Å². The monoisotopic (exact) mass is 282 g/mol. The Kier molecular flexibility index (Phi) is 5.57. The molecule has 1 aromatic rings. The Hall–Kier alpha value is -1.81. The molecule has 102 valence electrons. The Balaban J connectivity index is 3.00. The average molecular weight is 283 g/mol. The van der Waals surface area contributed by atoms with E-state index in [9.17, 15) is 9.59 Å². The van der Waals surface area contributed by atoms with Crippen LogP contribution in [-0.4, -0.2) is 18.5 Å². The maximum Gasteiger partial charge on any atom is 0.337 e. The predicted molar refractivity (Wildman–Crippen MR) is 71.7 cm³/mol. The SMILES string of the molecule is C=C(C(=O)OCC)C(OC(C)=O)c1ccc(Cl)cc1. The molecule has 0 aliphatic rings. The van der Waals surface area contributed by atoms with Gasteiger partial charge in [-0.1, -0.05) is 30.3 Å². The highest BCUT2D eigenvalue weighted by Crippen LogP contribution is 2.27. The minimum absolute atomic E-state index is 0.0689. The molecule has 5 heteroatoms. The molecule has 0 aliphatic carbocycles. The van der Waals surface area contributed by atoms with E-state index in [2.05, 4.69) is 6.58 Å². The first-order valence-electron chi connectivity index (χ1n) is 5.74. The van der Waals surface area contributed by atoms with Crippen LogP contribution in [0.4, 0.5) is 0 Å². The van der Waals surface area contributed by atoms with Crippen LogP contribution in [0.2, 0.25) is 5.02 Å². The predicted octanol–water partition coefficient (Wildman–Crippen LogP) is 3.06. The van der Waals surface area contributed by atoms with Crippen LogP contribution in [0.3, 0.4) is 0 Å². The lowest BCUT2D eigenvalue weighted by molar-refractivity contribution is -0.147. The van der Waals surface area contributed by atoms with Gasteiger partial charge in [-0.2, -0.15) is 0 Å². The topological polar surface area (TPSA) is 52.6 Å². The highest BCUT2D eigenvalue weighted by atomic mass is 35.5. The van der Waals surface area contributed by atoms with Crippen molar-refractivity contribution in [3.8, 4) is 0 Å². The van der Waals surface area contributed by atoms with Crippen molar-refractivity contribution in [2.24, 2.45) is 0 Å². The third-order valence-corrected chi connectivity index (χ3v) is 2.56. The van der Waals surface area contributed by atoms with Crippen molar-refractivity contribution >= 4 is 23.5 Å². The van der Waals surface area contributed by atoms with Crippen LogP contribution in [-0.2, 0) is 19.1 Å². The summed E-state index contributed by atoms with van der Waals surface area (Å²) in [4.78, 5) is 22.8. The molecule has 1 unspecified atom stereocenters. The first-order chi connectivity index (χ1) is 8.95. The van der Waals surface area contributed by atoms with Crippen LogP contribution in [0.25, 0.3) is 0 Å². The van der Waals surface area contributed by atoms with Crippen molar-refractivity contribution in [1.82, 2.24) is 0 Å². The molecule has 1 rings (SSSR count). The molecule has 0 spiro atoms. The molecule has 0 heterocycles. The normalized spacial score (nSPS) is 11.5. The van der Waals surface area contributed by atoms with E-state index in [0.29, 0.717) is 10.6 Å². The van der Waals surface area contributed by atoms with Crippen LogP contribution in [0.5, 0.6) is 0 Å². The zero-order chi connectivity index (χ0) is 14.4. The first-order valence-corrected chi connectivity index (χ1v) is 6.12. The summed E-state index contributed by atoms with van der Waals surface area (Å²) in [6, 6.07) is 6.62. The summed E-state index contributed by atoms with van der Waals surface area (Å²) < 4.78 is 9.98. The minimum atomic E-state index is -0.867. The fourth-order valence-corrected chi connectivity index (χ4v) is 1.60. The van der Waals surface area contributed by atoms with E-state index in [1.54, 1.807) is 31.2 Å². The van der Waals surface area contributed by atoms with E-state index in [1.807, 2.05) is 0 Å². The molecule has 0 bridgehead atoms. The van der Waals surface area contributed by atoms with Gasteiger partial charge in [0.25, 0.3) is 0 Å². The molecule has 0 aliphatic heterocycles. The number of rotatable bonds is 5. The second kappa shape index (κ2) is 6.95. The van der Waals surface area contributed by atoms with Gasteiger partial charge in [-0.25, -0.2) is 4.79 Å². The molecule has 0 amide bonds. The van der Waals surface area contributed by atoms with Crippen molar-refractivity contribution in [2.75, 3.05) is 6.61 Å². The molecule has 1 atom stereocenters. The fraction of sp³-hybridized carbons (Fsp3) is 0.286. The van der Waals surface area contributed by atoms with E-state index in [1.165, 1.54) is 6.92 Å². The van der Waals surface area contributed by atoms with Gasteiger partial charge in [-0.3, -0.25) is 4.79 Å². The largest absolute Gasteiger partial charge is 0.463 e. The summed E-state index contributed by atoms with van der Waals surface area (Å²) in [6.45, 7) is 6.82. The summed E-state index contributed by atoms with van der Waals surface area (Å²) in [6.07, 6.45) is -0.867. The maximum absolute atomic E-state index is 11.7. The zero-order valence-corrected chi connectivity index (χ0v) is 11.6. The van der Waals surface area contributed by atoms with Crippen LogP contribution in [0.1, 0.15) is 25.5 Å². The van der Waals surface area contributed by atoms with Gasteiger partial charge >= 0.3 is 11.9 Å². The molecule has 0 saturated carbocycles. The lowest BCUT2D eigenvalue weighted by atomic mass is 10.0. The van der Waals surface area contributed by atoms with Crippen LogP contribution in [0.15, 0.2) is 36.4 Å². The summed E-state index contributed by atoms with van der Waals surface area (Å²) in [5.74, 6) is -1.10. The number of hydrogen-bond donors (Lipinski definition) is 0. The Labute approximate surface area is 117 Å². The molecule has 0 aromatic heterocycles. The molecular weight excluding hydrogens is 268 g/mol. The Morgan fingerprint density at radius 2 is 1.89 bits per heavy atom. The number of halogens is 1. The molecule has 0 saturated heterocycles. The number of carbonyl (C=O) groups excluding carboxylic acids is 2. The summed E-state index contributed by atoms with van der Waals surface area (Å²) in [5.41, 5.74) is 0.678. The second-order valence-electron chi connectivity index (χ2n) is 3.79. The van der Waals surface area contributed by atoms with Crippen molar-refractivity contribution in [1.29, 1.82) is 0 Å². The quantitative estimate of drug-likeness (QED) is 0.615. The molecule has 0 N–H and O–H groups in total. The van der Waals surface area contributed by atoms with Crippen molar-refractivity contribution in [3.63, 3.8) is 0 Å². The first kappa shape index (κ1) is 15.2. The van der Waals surface area contributed by atoms with E-state index >= 15 is 0 Å². The van der Waals surface area contributed by atoms with Crippen molar-refractivity contribution in [2.45, 2.75) is 20.0 Å². The van der Waals surface area contributed by atoms with Crippen molar-refractivity contribution < 1.29 is 19.1 Å². The van der Waals surface area contributed by atoms with Gasteiger partial charge in [0.2, 0.25) is 0 Å². The summed E-state index contributed by atoms with van der Waals surface area (Å²) in [7, 11) is 0. The second-order valence-corrected chi connectivity index (χ2v) is 4.22. The molecule has 4 nitrogen and oxygen atoms in total. The summed E-state index contributed by atoms with van der Waals surface area (Å²) in [5, 5.41) is 0.548. The molecule has 0 fully saturated rings. The highest BCUT2D eigenvalue weighted by molar-refractivity contribution is 6.30. The number of hydrogen-bond acceptors (Lipinski definition) is 4. The number of esters is 2. The zero-order valence-electron chi connectivity index (χ0n) is 10.8. The van der Waals surface area contributed by atoms with Gasteiger partial charge in [-0.15, -0.1) is 0 Å². The fourth-order valence-electron chi connectivity index (χ4n) is 1.47. The van der Waals surface area contributed by atoms with E-state index < -0.39 is 18.0 Å². The Bertz CT molecular complexity index is 479. The van der Waals surface area contributed by atoms with Gasteiger partial charge in [0, 0.05) is 11.9 Å². The van der Waals surface area contributed by atoms with Crippen LogP contribution >= 0.6 is 11.6 Å². The summed E-state index contributed by atoms with van der Waals surface area (Å²) >= 11 is 5.79. The lowest BCUT2D eigenvalue weighted by Crippen LogP contribution is -2.18. The Morgan fingerprint density at radius 1 is 1.32 bits per heavy atom. The third kappa shape index (κ3) is 4.41.